The molecule has 2 aromatic carbocycles. The van der Waals surface area contributed by atoms with Gasteiger partial charge >= 0.3 is 0 Å². The van der Waals surface area contributed by atoms with E-state index in [2.05, 4.69) is 28.7 Å². The molecule has 0 N–H and O–H groups in total. The first kappa shape index (κ1) is 26.2. The molecule has 0 unspecified atom stereocenters. The number of thiophene rings is 1. The van der Waals surface area contributed by atoms with Gasteiger partial charge in [0.15, 0.2) is 0 Å². The Hall–Kier alpha value is -2.45. The third-order valence-corrected chi connectivity index (χ3v) is 6.94. The van der Waals surface area contributed by atoms with Crippen LogP contribution in [0.4, 0.5) is 5.69 Å². The Morgan fingerprint density at radius 2 is 1.82 bits per heavy atom. The largest absolute Gasteiger partial charge is 0.492 e. The fraction of sp³-hybridized carbons (Fsp3) is 0.370. The van der Waals surface area contributed by atoms with Gasteiger partial charge in [-0.25, -0.2) is 0 Å². The zero-order chi connectivity index (χ0) is 24.6. The van der Waals surface area contributed by atoms with Crippen molar-refractivity contribution in [2.24, 2.45) is 0 Å². The number of ether oxygens (including phenoxy) is 3. The molecular formula is C27H34N2O3S2. The number of thiocarbonyl (C=S) groups is 1. The molecule has 34 heavy (non-hydrogen) atoms. The first-order valence-corrected chi connectivity index (χ1v) is 12.7. The van der Waals surface area contributed by atoms with E-state index in [1.165, 1.54) is 5.56 Å². The van der Waals surface area contributed by atoms with E-state index < -0.39 is 0 Å². The Kier molecular flexibility index (Phi) is 9.47. The molecule has 3 rings (SSSR count). The average Bonchev–Trinajstić information content (AvgIpc) is 3.36. The predicted octanol–water partition coefficient (Wildman–Crippen LogP) is 6.33. The topological polar surface area (TPSA) is 34.2 Å². The van der Waals surface area contributed by atoms with Crippen molar-refractivity contribution in [1.29, 1.82) is 0 Å². The van der Waals surface area contributed by atoms with Gasteiger partial charge in [-0.2, -0.15) is 11.3 Å². The van der Waals surface area contributed by atoms with Gasteiger partial charge in [-0.1, -0.05) is 25.1 Å². The van der Waals surface area contributed by atoms with Crippen molar-refractivity contribution >= 4 is 34.4 Å². The number of nitrogens with zero attached hydrogens (tertiary/aromatic N) is 2. The molecule has 5 nitrogen and oxygen atoms in total. The Morgan fingerprint density at radius 3 is 2.47 bits per heavy atom. The number of rotatable bonds is 11. The van der Waals surface area contributed by atoms with Gasteiger partial charge in [0.1, 0.15) is 18.1 Å². The molecule has 0 aliphatic rings. The minimum absolute atomic E-state index is 0.353. The Morgan fingerprint density at radius 1 is 1.06 bits per heavy atom. The molecule has 1 heterocycles. The van der Waals surface area contributed by atoms with Crippen molar-refractivity contribution in [3.8, 4) is 11.5 Å². The lowest BCUT2D eigenvalue weighted by atomic mass is 9.98. The zero-order valence-corrected chi connectivity index (χ0v) is 22.2. The smallest absolute Gasteiger partial charge is 0.269 e. The van der Waals surface area contributed by atoms with Crippen LogP contribution in [-0.4, -0.2) is 43.9 Å². The van der Waals surface area contributed by atoms with Crippen LogP contribution in [0.25, 0.3) is 0 Å². The summed E-state index contributed by atoms with van der Waals surface area (Å²) in [6.07, 6.45) is 0. The first-order valence-electron chi connectivity index (χ1n) is 11.4. The molecule has 0 atom stereocenters. The number of likely N-dealkylation sites (N-methyl/N-ethyl adjacent to an activating group) is 1. The van der Waals surface area contributed by atoms with Gasteiger partial charge in [0.25, 0.3) is 5.17 Å². The van der Waals surface area contributed by atoms with Crippen molar-refractivity contribution in [3.05, 3.63) is 76.5 Å². The molecule has 7 heteroatoms. The Labute approximate surface area is 212 Å². The van der Waals surface area contributed by atoms with Crippen LogP contribution in [0, 0.1) is 0 Å². The van der Waals surface area contributed by atoms with Gasteiger partial charge in [0.2, 0.25) is 0 Å². The van der Waals surface area contributed by atoms with Crippen LogP contribution in [0.5, 0.6) is 11.5 Å². The Bertz CT molecular complexity index is 1040. The van der Waals surface area contributed by atoms with Crippen molar-refractivity contribution in [2.45, 2.75) is 32.9 Å². The van der Waals surface area contributed by atoms with E-state index in [1.54, 1.807) is 18.4 Å². The van der Waals surface area contributed by atoms with Crippen LogP contribution in [0.3, 0.4) is 0 Å². The van der Waals surface area contributed by atoms with E-state index in [4.69, 9.17) is 26.4 Å². The standard InChI is InChI=1S/C27H34N2O3S2/c1-6-29(19-21-14-17-34-20-21)15-16-31-25-9-7-8-23(18-25)28(4)26(33)32-24-12-10-22(11-13-24)27(2,3)30-5/h7-14,17-18,20H,6,15-16,19H2,1-5H3. The van der Waals surface area contributed by atoms with Crippen molar-refractivity contribution in [3.63, 3.8) is 0 Å². The van der Waals surface area contributed by atoms with Crippen LogP contribution in [0.15, 0.2) is 65.4 Å². The summed E-state index contributed by atoms with van der Waals surface area (Å²) in [6, 6.07) is 17.9. The molecule has 0 amide bonds. The van der Waals surface area contributed by atoms with Crippen molar-refractivity contribution < 1.29 is 14.2 Å². The summed E-state index contributed by atoms with van der Waals surface area (Å²) < 4.78 is 17.5. The fourth-order valence-electron chi connectivity index (χ4n) is 3.38. The van der Waals surface area contributed by atoms with Crippen LogP contribution in [0.1, 0.15) is 31.9 Å². The highest BCUT2D eigenvalue weighted by Crippen LogP contribution is 2.26. The predicted molar refractivity (Wildman–Crippen MR) is 145 cm³/mol. The summed E-state index contributed by atoms with van der Waals surface area (Å²) in [5.41, 5.74) is 2.98. The lowest BCUT2D eigenvalue weighted by Gasteiger charge is -2.24. The van der Waals surface area contributed by atoms with Gasteiger partial charge < -0.3 is 19.1 Å². The van der Waals surface area contributed by atoms with E-state index >= 15 is 0 Å². The maximum atomic E-state index is 6.04. The molecule has 0 radical (unpaired) electrons. The van der Waals surface area contributed by atoms with Gasteiger partial charge in [-0.15, -0.1) is 0 Å². The molecule has 1 aromatic heterocycles. The second-order valence-electron chi connectivity index (χ2n) is 8.51. The number of benzene rings is 2. The van der Waals surface area contributed by atoms with E-state index in [9.17, 15) is 0 Å². The molecule has 0 saturated heterocycles. The van der Waals surface area contributed by atoms with E-state index in [0.29, 0.717) is 17.5 Å². The van der Waals surface area contributed by atoms with Gasteiger partial charge in [0.05, 0.1) is 5.60 Å². The van der Waals surface area contributed by atoms with Crippen LogP contribution in [0.2, 0.25) is 0 Å². The number of hydrogen-bond acceptors (Lipinski definition) is 6. The molecule has 0 spiro atoms. The zero-order valence-electron chi connectivity index (χ0n) is 20.6. The summed E-state index contributed by atoms with van der Waals surface area (Å²) in [7, 11) is 3.60. The normalized spacial score (nSPS) is 11.5. The third-order valence-electron chi connectivity index (χ3n) is 5.85. The minimum atomic E-state index is -0.353. The molecule has 0 bridgehead atoms. The van der Waals surface area contributed by atoms with E-state index in [1.807, 2.05) is 74.3 Å². The SMILES string of the molecule is CCN(CCOc1cccc(N(C)C(=S)Oc2ccc(C(C)(C)OC)cc2)c1)Cc1ccsc1. The Balaban J connectivity index is 1.54. The van der Waals surface area contributed by atoms with Gasteiger partial charge in [-0.3, -0.25) is 4.90 Å². The molecule has 182 valence electrons. The summed E-state index contributed by atoms with van der Waals surface area (Å²) in [4.78, 5) is 4.21. The molecule has 0 fully saturated rings. The van der Waals surface area contributed by atoms with Crippen LogP contribution >= 0.6 is 23.6 Å². The number of anilines is 1. The highest BCUT2D eigenvalue weighted by atomic mass is 32.1. The number of methoxy groups -OCH3 is 1. The molecule has 0 aliphatic carbocycles. The summed E-state index contributed by atoms with van der Waals surface area (Å²) in [6.45, 7) is 9.65. The lowest BCUT2D eigenvalue weighted by Crippen LogP contribution is -2.29. The summed E-state index contributed by atoms with van der Waals surface area (Å²) in [5, 5.41) is 4.68. The minimum Gasteiger partial charge on any atom is -0.492 e. The average molecular weight is 499 g/mol. The van der Waals surface area contributed by atoms with E-state index in [0.717, 1.165) is 36.6 Å². The molecule has 3 aromatic rings. The van der Waals surface area contributed by atoms with Crippen LogP contribution < -0.4 is 14.4 Å². The van der Waals surface area contributed by atoms with Crippen molar-refractivity contribution in [2.75, 3.05) is 38.8 Å². The quantitative estimate of drug-likeness (QED) is 0.287. The first-order chi connectivity index (χ1) is 16.3. The fourth-order valence-corrected chi connectivity index (χ4v) is 4.24. The highest BCUT2D eigenvalue weighted by Gasteiger charge is 2.19. The maximum Gasteiger partial charge on any atom is 0.269 e. The monoisotopic (exact) mass is 498 g/mol. The van der Waals surface area contributed by atoms with Crippen LogP contribution in [-0.2, 0) is 16.9 Å². The summed E-state index contributed by atoms with van der Waals surface area (Å²) in [5.74, 6) is 1.50. The number of hydrogen-bond donors (Lipinski definition) is 0. The lowest BCUT2D eigenvalue weighted by molar-refractivity contribution is 0.0192. The molecular weight excluding hydrogens is 464 g/mol. The summed E-state index contributed by atoms with van der Waals surface area (Å²) >= 11 is 7.27. The molecule has 0 saturated carbocycles. The van der Waals surface area contributed by atoms with Crippen molar-refractivity contribution in [1.82, 2.24) is 4.90 Å². The highest BCUT2D eigenvalue weighted by molar-refractivity contribution is 7.80. The molecule has 0 aliphatic heterocycles. The third kappa shape index (κ3) is 7.27. The second kappa shape index (κ2) is 12.3. The van der Waals surface area contributed by atoms with Gasteiger partial charge in [-0.05, 0) is 84.8 Å². The van der Waals surface area contributed by atoms with E-state index in [-0.39, 0.29) is 5.60 Å². The second-order valence-corrected chi connectivity index (χ2v) is 9.64. The van der Waals surface area contributed by atoms with Gasteiger partial charge in [0, 0.05) is 39.0 Å². The maximum absolute atomic E-state index is 6.04.